The fourth-order valence-corrected chi connectivity index (χ4v) is 3.19. The van der Waals surface area contributed by atoms with Crippen LogP contribution in [0.3, 0.4) is 0 Å². The predicted molar refractivity (Wildman–Crippen MR) is 98.2 cm³/mol. The van der Waals surface area contributed by atoms with E-state index in [0.29, 0.717) is 5.69 Å². The van der Waals surface area contributed by atoms with Gasteiger partial charge in [0.25, 0.3) is 5.56 Å². The minimum Gasteiger partial charge on any atom is -0.318 e. The molecule has 9 heteroatoms. The Morgan fingerprint density at radius 1 is 1.04 bits per heavy atom. The standard InChI is InChI=1S/C19H12ClF3N4O/c1-26-9-24-17-18(26)25-15(8-12-13(22)6-7-14(23)16(12)20)27(19(17)28)11-4-2-10(21)3-5-11/h2-7,9H,8H2,1H3. The van der Waals surface area contributed by atoms with Gasteiger partial charge in [-0.25, -0.2) is 23.1 Å². The van der Waals surface area contributed by atoms with Crippen molar-refractivity contribution in [2.24, 2.45) is 7.05 Å². The summed E-state index contributed by atoms with van der Waals surface area (Å²) in [5.41, 5.74) is 0.0492. The zero-order chi connectivity index (χ0) is 20.0. The second-order valence-corrected chi connectivity index (χ2v) is 6.55. The Labute approximate surface area is 161 Å². The maximum Gasteiger partial charge on any atom is 0.286 e. The molecule has 0 bridgehead atoms. The van der Waals surface area contributed by atoms with Gasteiger partial charge < -0.3 is 4.57 Å². The van der Waals surface area contributed by atoms with E-state index in [2.05, 4.69) is 9.97 Å². The van der Waals surface area contributed by atoms with Crippen molar-refractivity contribution in [1.29, 1.82) is 0 Å². The fraction of sp³-hybridized carbons (Fsp3) is 0.105. The molecule has 142 valence electrons. The number of rotatable bonds is 3. The molecule has 4 aromatic rings. The van der Waals surface area contributed by atoms with E-state index >= 15 is 0 Å². The number of aromatic nitrogens is 4. The number of aryl methyl sites for hydroxylation is 1. The molecule has 0 aliphatic carbocycles. The summed E-state index contributed by atoms with van der Waals surface area (Å²) in [5.74, 6) is -1.88. The number of nitrogens with zero attached hydrogens (tertiary/aromatic N) is 4. The molecule has 0 N–H and O–H groups in total. The molecule has 0 spiro atoms. The second-order valence-electron chi connectivity index (χ2n) is 6.17. The highest BCUT2D eigenvalue weighted by molar-refractivity contribution is 6.31. The van der Waals surface area contributed by atoms with Crippen LogP contribution >= 0.6 is 11.6 Å². The average molecular weight is 405 g/mol. The van der Waals surface area contributed by atoms with Gasteiger partial charge in [-0.15, -0.1) is 0 Å². The summed E-state index contributed by atoms with van der Waals surface area (Å²) in [6, 6.07) is 7.03. The van der Waals surface area contributed by atoms with Crippen molar-refractivity contribution in [3.8, 4) is 5.69 Å². The lowest BCUT2D eigenvalue weighted by atomic mass is 10.1. The minimum absolute atomic E-state index is 0.0985. The zero-order valence-electron chi connectivity index (χ0n) is 14.5. The second kappa shape index (κ2) is 6.79. The summed E-state index contributed by atoms with van der Waals surface area (Å²) in [7, 11) is 1.66. The van der Waals surface area contributed by atoms with Crippen LogP contribution in [0.25, 0.3) is 16.9 Å². The Morgan fingerprint density at radius 3 is 2.43 bits per heavy atom. The third kappa shape index (κ3) is 2.95. The predicted octanol–water partition coefficient (Wildman–Crippen LogP) is 3.78. The van der Waals surface area contributed by atoms with Gasteiger partial charge in [0, 0.05) is 19.0 Å². The van der Waals surface area contributed by atoms with E-state index in [1.54, 1.807) is 11.6 Å². The molecule has 0 fully saturated rings. The van der Waals surface area contributed by atoms with Crippen LogP contribution < -0.4 is 5.56 Å². The Bertz CT molecular complexity index is 1270. The van der Waals surface area contributed by atoms with Crippen LogP contribution in [0, 0.1) is 17.5 Å². The molecule has 0 aliphatic rings. The van der Waals surface area contributed by atoms with Gasteiger partial charge in [0.15, 0.2) is 11.2 Å². The van der Waals surface area contributed by atoms with Crippen molar-refractivity contribution in [3.05, 3.63) is 86.9 Å². The minimum atomic E-state index is -0.782. The van der Waals surface area contributed by atoms with Crippen LogP contribution in [0.1, 0.15) is 11.4 Å². The number of halogens is 4. The molecule has 0 aliphatic heterocycles. The number of fused-ring (bicyclic) bond motifs is 1. The van der Waals surface area contributed by atoms with Gasteiger partial charge in [0.1, 0.15) is 23.3 Å². The largest absolute Gasteiger partial charge is 0.318 e. The molecule has 0 atom stereocenters. The first-order valence-corrected chi connectivity index (χ1v) is 8.56. The van der Waals surface area contributed by atoms with Gasteiger partial charge in [0.2, 0.25) is 0 Å². The van der Waals surface area contributed by atoms with Gasteiger partial charge in [-0.1, -0.05) is 11.6 Å². The average Bonchev–Trinajstić information content (AvgIpc) is 3.04. The van der Waals surface area contributed by atoms with Crippen molar-refractivity contribution in [3.63, 3.8) is 0 Å². The van der Waals surface area contributed by atoms with Crippen LogP contribution in [-0.4, -0.2) is 19.1 Å². The summed E-state index contributed by atoms with van der Waals surface area (Å²) in [6.07, 6.45) is 1.17. The van der Waals surface area contributed by atoms with E-state index in [4.69, 9.17) is 11.6 Å². The summed E-state index contributed by atoms with van der Waals surface area (Å²) >= 11 is 5.94. The van der Waals surface area contributed by atoms with Crippen molar-refractivity contribution in [2.45, 2.75) is 6.42 Å². The number of hydrogen-bond acceptors (Lipinski definition) is 3. The van der Waals surface area contributed by atoms with E-state index in [1.807, 2.05) is 0 Å². The zero-order valence-corrected chi connectivity index (χ0v) is 15.2. The van der Waals surface area contributed by atoms with Gasteiger partial charge in [-0.2, -0.15) is 0 Å². The quantitative estimate of drug-likeness (QED) is 0.488. The third-order valence-electron chi connectivity index (χ3n) is 4.36. The van der Waals surface area contributed by atoms with Crippen molar-refractivity contribution in [1.82, 2.24) is 19.1 Å². The molecule has 28 heavy (non-hydrogen) atoms. The van der Waals surface area contributed by atoms with Crippen molar-refractivity contribution < 1.29 is 13.2 Å². The van der Waals surface area contributed by atoms with Crippen LogP contribution in [0.2, 0.25) is 5.02 Å². The molecule has 0 saturated heterocycles. The van der Waals surface area contributed by atoms with Crippen LogP contribution in [0.4, 0.5) is 13.2 Å². The maximum absolute atomic E-state index is 14.3. The molecular weight excluding hydrogens is 393 g/mol. The number of imidazole rings is 1. The SMILES string of the molecule is Cn1cnc2c(=O)n(-c3ccc(F)cc3)c(Cc3c(F)ccc(F)c3Cl)nc21. The first-order chi connectivity index (χ1) is 13.4. The maximum atomic E-state index is 14.3. The molecule has 0 radical (unpaired) electrons. The first-order valence-electron chi connectivity index (χ1n) is 8.18. The molecule has 0 unspecified atom stereocenters. The monoisotopic (exact) mass is 404 g/mol. The molecular formula is C19H12ClF3N4O. The van der Waals surface area contributed by atoms with Crippen LogP contribution in [-0.2, 0) is 13.5 Å². The van der Waals surface area contributed by atoms with Gasteiger partial charge in [-0.05, 0) is 36.4 Å². The molecule has 5 nitrogen and oxygen atoms in total. The molecule has 2 aromatic carbocycles. The van der Waals surface area contributed by atoms with Crippen molar-refractivity contribution in [2.75, 3.05) is 0 Å². The van der Waals surface area contributed by atoms with Crippen LogP contribution in [0.5, 0.6) is 0 Å². The third-order valence-corrected chi connectivity index (χ3v) is 4.77. The van der Waals surface area contributed by atoms with E-state index < -0.39 is 23.0 Å². The van der Waals surface area contributed by atoms with E-state index in [-0.39, 0.29) is 34.0 Å². The summed E-state index contributed by atoms with van der Waals surface area (Å²) in [4.78, 5) is 21.5. The first kappa shape index (κ1) is 18.2. The number of hydrogen-bond donors (Lipinski definition) is 0. The van der Waals surface area contributed by atoms with Gasteiger partial charge in [0.05, 0.1) is 17.0 Å². The van der Waals surface area contributed by atoms with Gasteiger partial charge in [-0.3, -0.25) is 9.36 Å². The van der Waals surface area contributed by atoms with E-state index in [9.17, 15) is 18.0 Å². The highest BCUT2D eigenvalue weighted by atomic mass is 35.5. The molecule has 0 saturated carbocycles. The summed E-state index contributed by atoms with van der Waals surface area (Å²) < 4.78 is 44.2. The molecule has 4 rings (SSSR count). The lowest BCUT2D eigenvalue weighted by molar-refractivity contribution is 0.586. The fourth-order valence-electron chi connectivity index (χ4n) is 2.97. The highest BCUT2D eigenvalue weighted by Crippen LogP contribution is 2.26. The summed E-state index contributed by atoms with van der Waals surface area (Å²) in [6.45, 7) is 0. The smallest absolute Gasteiger partial charge is 0.286 e. The molecule has 0 amide bonds. The molecule has 2 heterocycles. The Kier molecular flexibility index (Phi) is 4.43. The normalized spacial score (nSPS) is 11.3. The Morgan fingerprint density at radius 2 is 1.71 bits per heavy atom. The Hall–Kier alpha value is -3.13. The summed E-state index contributed by atoms with van der Waals surface area (Å²) in [5, 5.41) is -0.384. The van der Waals surface area contributed by atoms with Gasteiger partial charge >= 0.3 is 0 Å². The number of benzene rings is 2. The van der Waals surface area contributed by atoms with Crippen LogP contribution in [0.15, 0.2) is 47.5 Å². The van der Waals surface area contributed by atoms with E-state index in [1.165, 1.54) is 35.2 Å². The van der Waals surface area contributed by atoms with Crippen molar-refractivity contribution >= 4 is 22.8 Å². The lowest BCUT2D eigenvalue weighted by Crippen LogP contribution is -2.25. The highest BCUT2D eigenvalue weighted by Gasteiger charge is 2.20. The Balaban J connectivity index is 2.00. The van der Waals surface area contributed by atoms with E-state index in [0.717, 1.165) is 12.1 Å². The topological polar surface area (TPSA) is 52.7 Å². The lowest BCUT2D eigenvalue weighted by Gasteiger charge is -2.14. The molecule has 2 aromatic heterocycles.